The lowest BCUT2D eigenvalue weighted by atomic mass is 10.2. The average Bonchev–Trinajstić information content (AvgIpc) is 2.94. The van der Waals surface area contributed by atoms with Gasteiger partial charge < -0.3 is 5.32 Å². The van der Waals surface area contributed by atoms with Crippen molar-refractivity contribution in [2.24, 2.45) is 5.92 Å². The van der Waals surface area contributed by atoms with Crippen LogP contribution in [0, 0.1) is 5.92 Å². The molecule has 1 aliphatic rings. The van der Waals surface area contributed by atoms with Crippen molar-refractivity contribution in [3.63, 3.8) is 0 Å². The van der Waals surface area contributed by atoms with Gasteiger partial charge in [0.25, 0.3) is 0 Å². The maximum atomic E-state index is 12.3. The Hall–Kier alpha value is -0.430. The summed E-state index contributed by atoms with van der Waals surface area (Å²) in [5, 5.41) is 4.82. The Bertz CT molecular complexity index is 492. The highest BCUT2D eigenvalue weighted by Crippen LogP contribution is 2.33. The molecule has 1 aliphatic carbocycles. The van der Waals surface area contributed by atoms with Gasteiger partial charge >= 0.3 is 0 Å². The van der Waals surface area contributed by atoms with Gasteiger partial charge in [-0.3, -0.25) is 0 Å². The Morgan fingerprint density at radius 2 is 2.22 bits per heavy atom. The van der Waals surface area contributed by atoms with Gasteiger partial charge in [0.1, 0.15) is 0 Å². The molecule has 0 spiro atoms. The average molecular weight is 288 g/mol. The van der Waals surface area contributed by atoms with E-state index in [1.54, 1.807) is 6.07 Å². The first-order valence-corrected chi connectivity index (χ1v) is 8.62. The first kappa shape index (κ1) is 14.0. The van der Waals surface area contributed by atoms with Crippen LogP contribution in [0.2, 0.25) is 0 Å². The predicted molar refractivity (Wildman–Crippen MR) is 74.2 cm³/mol. The van der Waals surface area contributed by atoms with Crippen LogP contribution < -0.4 is 10.0 Å². The molecule has 18 heavy (non-hydrogen) atoms. The molecule has 102 valence electrons. The van der Waals surface area contributed by atoms with E-state index >= 15 is 0 Å². The summed E-state index contributed by atoms with van der Waals surface area (Å²) in [6.45, 7) is 2.53. The summed E-state index contributed by atoms with van der Waals surface area (Å²) in [6.07, 6.45) is 3.44. The zero-order chi connectivity index (χ0) is 13.2. The van der Waals surface area contributed by atoms with E-state index in [1.807, 2.05) is 19.4 Å². The van der Waals surface area contributed by atoms with E-state index in [2.05, 4.69) is 10.0 Å². The van der Waals surface area contributed by atoms with E-state index in [9.17, 15) is 8.42 Å². The minimum atomic E-state index is -3.37. The molecule has 1 fully saturated rings. The lowest BCUT2D eigenvalue weighted by Crippen LogP contribution is -2.33. The van der Waals surface area contributed by atoms with Gasteiger partial charge in [-0.2, -0.15) is 0 Å². The molecular formula is C12H20N2O2S2. The Kier molecular flexibility index (Phi) is 4.42. The van der Waals surface area contributed by atoms with Crippen molar-refractivity contribution in [3.8, 4) is 0 Å². The van der Waals surface area contributed by atoms with Crippen molar-refractivity contribution in [1.82, 2.24) is 10.0 Å². The van der Waals surface area contributed by atoms with Crippen molar-refractivity contribution in [2.75, 3.05) is 7.05 Å². The number of thiophene rings is 1. The highest BCUT2D eigenvalue weighted by Gasteiger charge is 2.27. The van der Waals surface area contributed by atoms with Gasteiger partial charge in [-0.1, -0.05) is 12.8 Å². The first-order chi connectivity index (χ1) is 8.53. The van der Waals surface area contributed by atoms with Crippen LogP contribution in [-0.4, -0.2) is 21.5 Å². The van der Waals surface area contributed by atoms with Gasteiger partial charge in [0.2, 0.25) is 10.0 Å². The smallest absolute Gasteiger partial charge is 0.241 e. The summed E-state index contributed by atoms with van der Waals surface area (Å²) in [6, 6.07) is 1.70. The van der Waals surface area contributed by atoms with Crippen LogP contribution in [0.4, 0.5) is 0 Å². The molecule has 1 aromatic rings. The van der Waals surface area contributed by atoms with Crippen LogP contribution in [0.25, 0.3) is 0 Å². The lowest BCUT2D eigenvalue weighted by Gasteiger charge is -2.14. The van der Waals surface area contributed by atoms with Crippen LogP contribution in [0.15, 0.2) is 16.3 Å². The highest BCUT2D eigenvalue weighted by atomic mass is 32.2. The number of rotatable bonds is 7. The van der Waals surface area contributed by atoms with E-state index in [-0.39, 0.29) is 6.04 Å². The maximum absolute atomic E-state index is 12.3. The molecule has 2 N–H and O–H groups in total. The van der Waals surface area contributed by atoms with Gasteiger partial charge in [-0.15, -0.1) is 11.3 Å². The fourth-order valence-electron chi connectivity index (χ4n) is 2.09. The van der Waals surface area contributed by atoms with Gasteiger partial charge in [0, 0.05) is 17.5 Å². The Balaban J connectivity index is 2.06. The van der Waals surface area contributed by atoms with Crippen LogP contribution >= 0.6 is 11.3 Å². The zero-order valence-electron chi connectivity index (χ0n) is 10.8. The molecule has 1 atom stereocenters. The second kappa shape index (κ2) is 5.69. The number of sulfonamides is 1. The molecule has 1 heterocycles. The molecule has 6 heteroatoms. The van der Waals surface area contributed by atoms with E-state index in [0.29, 0.717) is 11.4 Å². The van der Waals surface area contributed by atoms with Crippen LogP contribution in [0.3, 0.4) is 0 Å². The van der Waals surface area contributed by atoms with E-state index in [4.69, 9.17) is 0 Å². The predicted octanol–water partition coefficient (Wildman–Crippen LogP) is 1.93. The third kappa shape index (κ3) is 3.54. The molecule has 0 amide bonds. The van der Waals surface area contributed by atoms with Crippen LogP contribution in [-0.2, 0) is 16.6 Å². The summed E-state index contributed by atoms with van der Waals surface area (Å²) >= 11 is 1.47. The summed E-state index contributed by atoms with van der Waals surface area (Å²) in [7, 11) is -1.55. The fraction of sp³-hybridized carbons (Fsp3) is 0.667. The van der Waals surface area contributed by atoms with Crippen LogP contribution in [0.1, 0.15) is 31.1 Å². The summed E-state index contributed by atoms with van der Waals surface area (Å²) in [5.74, 6) is 0.724. The zero-order valence-corrected chi connectivity index (χ0v) is 12.4. The van der Waals surface area contributed by atoms with Crippen molar-refractivity contribution in [1.29, 1.82) is 0 Å². The largest absolute Gasteiger partial charge is 0.315 e. The van der Waals surface area contributed by atoms with Gasteiger partial charge in [-0.05, 0) is 37.8 Å². The molecule has 0 aliphatic heterocycles. The summed E-state index contributed by atoms with van der Waals surface area (Å²) in [4.78, 5) is 1.29. The molecule has 0 saturated heterocycles. The molecule has 0 bridgehead atoms. The van der Waals surface area contributed by atoms with Gasteiger partial charge in [0.15, 0.2) is 0 Å². The van der Waals surface area contributed by atoms with Gasteiger partial charge in [0.05, 0.1) is 4.90 Å². The maximum Gasteiger partial charge on any atom is 0.241 e. The topological polar surface area (TPSA) is 58.2 Å². The SMILES string of the molecule is CNCc1sccc1S(=O)(=O)NC(C)CC1CC1. The fourth-order valence-corrected chi connectivity index (χ4v) is 4.80. The van der Waals surface area contributed by atoms with Crippen molar-refractivity contribution in [3.05, 3.63) is 16.3 Å². The Labute approximate surface area is 113 Å². The Morgan fingerprint density at radius 3 is 2.83 bits per heavy atom. The molecule has 0 aromatic carbocycles. The number of hydrogen-bond acceptors (Lipinski definition) is 4. The number of nitrogens with one attached hydrogen (secondary N) is 2. The van der Waals surface area contributed by atoms with E-state index in [0.717, 1.165) is 17.2 Å². The quantitative estimate of drug-likeness (QED) is 0.806. The lowest BCUT2D eigenvalue weighted by molar-refractivity contribution is 0.529. The number of hydrogen-bond donors (Lipinski definition) is 2. The highest BCUT2D eigenvalue weighted by molar-refractivity contribution is 7.89. The minimum Gasteiger partial charge on any atom is -0.315 e. The third-order valence-electron chi connectivity index (χ3n) is 3.07. The van der Waals surface area contributed by atoms with E-state index < -0.39 is 10.0 Å². The van der Waals surface area contributed by atoms with Gasteiger partial charge in [-0.25, -0.2) is 13.1 Å². The third-order valence-corrected chi connectivity index (χ3v) is 5.80. The second-order valence-corrected chi connectivity index (χ2v) is 7.62. The van der Waals surface area contributed by atoms with E-state index in [1.165, 1.54) is 24.2 Å². The minimum absolute atomic E-state index is 0.0184. The molecule has 4 nitrogen and oxygen atoms in total. The molecular weight excluding hydrogens is 268 g/mol. The molecule has 1 unspecified atom stereocenters. The van der Waals surface area contributed by atoms with Crippen molar-refractivity contribution < 1.29 is 8.42 Å². The van der Waals surface area contributed by atoms with Crippen molar-refractivity contribution in [2.45, 2.75) is 43.7 Å². The normalized spacial score (nSPS) is 17.9. The molecule has 2 rings (SSSR count). The second-order valence-electron chi connectivity index (χ2n) is 4.94. The standard InChI is InChI=1S/C12H20N2O2S2/c1-9(7-10-3-4-10)14-18(15,16)12-5-6-17-11(12)8-13-2/h5-6,9-10,13-14H,3-4,7-8H2,1-2H3. The molecule has 0 radical (unpaired) electrons. The molecule has 1 aromatic heterocycles. The van der Waals surface area contributed by atoms with Crippen molar-refractivity contribution >= 4 is 21.4 Å². The van der Waals surface area contributed by atoms with Crippen LogP contribution in [0.5, 0.6) is 0 Å². The Morgan fingerprint density at radius 1 is 1.50 bits per heavy atom. The molecule has 1 saturated carbocycles. The first-order valence-electron chi connectivity index (χ1n) is 6.26. The summed E-state index contributed by atoms with van der Waals surface area (Å²) in [5.41, 5.74) is 0. The monoisotopic (exact) mass is 288 g/mol. The summed E-state index contributed by atoms with van der Waals surface area (Å²) < 4.78 is 27.3.